The van der Waals surface area contributed by atoms with Crippen molar-refractivity contribution in [2.24, 2.45) is 0 Å². The van der Waals surface area contributed by atoms with Crippen molar-refractivity contribution in [2.75, 3.05) is 0 Å². The van der Waals surface area contributed by atoms with Crippen molar-refractivity contribution in [1.29, 1.82) is 0 Å². The molecule has 4 heteroatoms. The van der Waals surface area contributed by atoms with Crippen LogP contribution in [0.15, 0.2) is 48.9 Å². The molecule has 2 rings (SSSR count). The Morgan fingerprint density at radius 2 is 1.93 bits per heavy atom. The van der Waals surface area contributed by atoms with Gasteiger partial charge < -0.3 is 4.74 Å². The van der Waals surface area contributed by atoms with Crippen molar-refractivity contribution in [3.05, 3.63) is 54.5 Å². The van der Waals surface area contributed by atoms with Gasteiger partial charge in [-0.1, -0.05) is 18.2 Å². The first-order chi connectivity index (χ1) is 7.36. The van der Waals surface area contributed by atoms with E-state index in [4.69, 9.17) is 4.74 Å². The molecule has 2 aromatic rings. The van der Waals surface area contributed by atoms with Crippen molar-refractivity contribution in [3.8, 4) is 5.88 Å². The maximum Gasteiger partial charge on any atom is 0.344 e. The number of hydrogen-bond donors (Lipinski definition) is 0. The Hall–Kier alpha value is -2.23. The van der Waals surface area contributed by atoms with E-state index in [1.165, 1.54) is 18.6 Å². The monoisotopic (exact) mass is 200 g/mol. The molecule has 0 radical (unpaired) electrons. The minimum Gasteiger partial charge on any atom is -0.404 e. The van der Waals surface area contributed by atoms with Crippen LogP contribution in [0.4, 0.5) is 0 Å². The van der Waals surface area contributed by atoms with Gasteiger partial charge in [-0.15, -0.1) is 0 Å². The Bertz CT molecular complexity index is 443. The molecule has 0 aliphatic rings. The van der Waals surface area contributed by atoms with Gasteiger partial charge in [-0.3, -0.25) is 0 Å². The molecule has 0 aliphatic carbocycles. The minimum atomic E-state index is -0.422. The van der Waals surface area contributed by atoms with E-state index in [9.17, 15) is 4.79 Å². The summed E-state index contributed by atoms with van der Waals surface area (Å²) in [5.41, 5.74) is 0.496. The molecular weight excluding hydrogens is 192 g/mol. The highest BCUT2D eigenvalue weighted by molar-refractivity contribution is 5.90. The molecule has 0 spiro atoms. The lowest BCUT2D eigenvalue weighted by molar-refractivity contribution is 0.0727. The third kappa shape index (κ3) is 2.37. The lowest BCUT2D eigenvalue weighted by Gasteiger charge is -2.01. The quantitative estimate of drug-likeness (QED) is 0.692. The van der Waals surface area contributed by atoms with Crippen LogP contribution in [-0.2, 0) is 0 Å². The van der Waals surface area contributed by atoms with Gasteiger partial charge in [-0.05, 0) is 12.1 Å². The van der Waals surface area contributed by atoms with Gasteiger partial charge in [0, 0.05) is 12.3 Å². The summed E-state index contributed by atoms with van der Waals surface area (Å²) in [6.07, 6.45) is 2.84. The van der Waals surface area contributed by atoms with Gasteiger partial charge >= 0.3 is 5.97 Å². The minimum absolute atomic E-state index is 0.249. The van der Waals surface area contributed by atoms with Crippen molar-refractivity contribution in [2.45, 2.75) is 0 Å². The van der Waals surface area contributed by atoms with Crippen molar-refractivity contribution >= 4 is 5.97 Å². The number of carbonyl (C=O) groups excluding carboxylic acids is 1. The number of benzene rings is 1. The lowest BCUT2D eigenvalue weighted by atomic mass is 10.2. The van der Waals surface area contributed by atoms with Crippen LogP contribution in [0.5, 0.6) is 5.88 Å². The van der Waals surface area contributed by atoms with Crippen molar-refractivity contribution in [3.63, 3.8) is 0 Å². The molecule has 1 aromatic heterocycles. The topological polar surface area (TPSA) is 52.1 Å². The van der Waals surface area contributed by atoms with Crippen molar-refractivity contribution < 1.29 is 9.53 Å². The summed E-state index contributed by atoms with van der Waals surface area (Å²) < 4.78 is 5.01. The van der Waals surface area contributed by atoms with Gasteiger partial charge in [0.25, 0.3) is 0 Å². The molecule has 0 aliphatic heterocycles. The molecule has 1 heterocycles. The highest BCUT2D eigenvalue weighted by Gasteiger charge is 2.07. The maximum absolute atomic E-state index is 11.5. The molecule has 74 valence electrons. The van der Waals surface area contributed by atoms with Crippen molar-refractivity contribution in [1.82, 2.24) is 9.97 Å². The second-order valence-corrected chi connectivity index (χ2v) is 2.80. The normalized spacial score (nSPS) is 9.60. The summed E-state index contributed by atoms with van der Waals surface area (Å²) in [5, 5.41) is 0. The van der Waals surface area contributed by atoms with Crippen LogP contribution in [0, 0.1) is 0 Å². The van der Waals surface area contributed by atoms with Gasteiger partial charge in [-0.2, -0.15) is 0 Å². The molecule has 0 N–H and O–H groups in total. The average Bonchev–Trinajstić information content (AvgIpc) is 2.31. The fourth-order valence-corrected chi connectivity index (χ4v) is 1.07. The SMILES string of the molecule is O=C(Oc1ccncn1)c1ccccc1. The molecule has 4 nitrogen and oxygen atoms in total. The van der Waals surface area contributed by atoms with E-state index in [0.717, 1.165) is 0 Å². The Morgan fingerprint density at radius 3 is 2.60 bits per heavy atom. The average molecular weight is 200 g/mol. The molecule has 0 amide bonds. The predicted octanol–water partition coefficient (Wildman–Crippen LogP) is 1.70. The summed E-state index contributed by atoms with van der Waals surface area (Å²) in [6, 6.07) is 10.3. The summed E-state index contributed by atoms with van der Waals surface area (Å²) in [7, 11) is 0. The van der Waals surface area contributed by atoms with E-state index < -0.39 is 5.97 Å². The van der Waals surface area contributed by atoms with E-state index in [2.05, 4.69) is 9.97 Å². The van der Waals surface area contributed by atoms with Crippen LogP contribution in [0.3, 0.4) is 0 Å². The molecule has 0 bridgehead atoms. The first-order valence-electron chi connectivity index (χ1n) is 4.39. The molecule has 0 atom stereocenters. The third-order valence-corrected chi connectivity index (χ3v) is 1.76. The van der Waals surface area contributed by atoms with E-state index in [0.29, 0.717) is 5.56 Å². The number of rotatable bonds is 2. The summed E-state index contributed by atoms with van der Waals surface area (Å²) >= 11 is 0. The number of nitrogens with zero attached hydrogens (tertiary/aromatic N) is 2. The van der Waals surface area contributed by atoms with Crippen LogP contribution in [-0.4, -0.2) is 15.9 Å². The molecule has 15 heavy (non-hydrogen) atoms. The molecule has 0 fully saturated rings. The van der Waals surface area contributed by atoms with E-state index in [1.54, 1.807) is 24.3 Å². The molecule has 0 saturated heterocycles. The van der Waals surface area contributed by atoms with Gasteiger partial charge in [0.05, 0.1) is 5.56 Å². The lowest BCUT2D eigenvalue weighted by Crippen LogP contribution is -2.08. The summed E-state index contributed by atoms with van der Waals surface area (Å²) in [5.74, 6) is -0.173. The largest absolute Gasteiger partial charge is 0.404 e. The second kappa shape index (κ2) is 4.32. The van der Waals surface area contributed by atoms with Gasteiger partial charge in [0.1, 0.15) is 6.33 Å². The zero-order chi connectivity index (χ0) is 10.5. The zero-order valence-corrected chi connectivity index (χ0v) is 7.83. The van der Waals surface area contributed by atoms with Gasteiger partial charge in [0.15, 0.2) is 0 Å². The molecular formula is C11H8N2O2. The first-order valence-corrected chi connectivity index (χ1v) is 4.39. The zero-order valence-electron chi connectivity index (χ0n) is 7.83. The smallest absolute Gasteiger partial charge is 0.344 e. The molecule has 1 aromatic carbocycles. The predicted molar refractivity (Wildman–Crippen MR) is 53.4 cm³/mol. The number of aromatic nitrogens is 2. The molecule has 0 unspecified atom stereocenters. The van der Waals surface area contributed by atoms with Crippen LogP contribution in [0.2, 0.25) is 0 Å². The fraction of sp³-hybridized carbons (Fsp3) is 0. The Kier molecular flexibility index (Phi) is 2.69. The van der Waals surface area contributed by atoms with Gasteiger partial charge in [-0.25, -0.2) is 14.8 Å². The standard InChI is InChI=1S/C11H8N2O2/c14-11(9-4-2-1-3-5-9)15-10-6-7-12-8-13-10/h1-8H. The highest BCUT2D eigenvalue weighted by atomic mass is 16.5. The van der Waals surface area contributed by atoms with Crippen LogP contribution >= 0.6 is 0 Å². The van der Waals surface area contributed by atoms with Crippen LogP contribution < -0.4 is 4.74 Å². The number of carbonyl (C=O) groups is 1. The van der Waals surface area contributed by atoms with Crippen LogP contribution in [0.25, 0.3) is 0 Å². The Balaban J connectivity index is 2.12. The van der Waals surface area contributed by atoms with E-state index in [-0.39, 0.29) is 5.88 Å². The second-order valence-electron chi connectivity index (χ2n) is 2.80. The number of ether oxygens (including phenoxy) is 1. The molecule has 0 saturated carbocycles. The Morgan fingerprint density at radius 1 is 1.13 bits per heavy atom. The highest BCUT2D eigenvalue weighted by Crippen LogP contribution is 2.06. The van der Waals surface area contributed by atoms with E-state index >= 15 is 0 Å². The fourth-order valence-electron chi connectivity index (χ4n) is 1.07. The number of esters is 1. The van der Waals surface area contributed by atoms with Crippen LogP contribution in [0.1, 0.15) is 10.4 Å². The third-order valence-electron chi connectivity index (χ3n) is 1.76. The number of hydrogen-bond acceptors (Lipinski definition) is 4. The Labute approximate surface area is 86.6 Å². The first kappa shape index (κ1) is 9.33. The van der Waals surface area contributed by atoms with Gasteiger partial charge in [0.2, 0.25) is 5.88 Å². The van der Waals surface area contributed by atoms with E-state index in [1.807, 2.05) is 6.07 Å². The summed E-state index contributed by atoms with van der Waals surface area (Å²) in [6.45, 7) is 0. The summed E-state index contributed by atoms with van der Waals surface area (Å²) in [4.78, 5) is 19.0. The maximum atomic E-state index is 11.5.